The lowest BCUT2D eigenvalue weighted by Crippen LogP contribution is -2.36. The topological polar surface area (TPSA) is 51.4 Å². The molecule has 1 aromatic rings. The minimum absolute atomic E-state index is 0.435. The molecule has 2 rings (SSSR count). The molecule has 2 N–H and O–H groups in total. The Labute approximate surface area is 96.4 Å². The molecule has 1 aliphatic rings. The highest BCUT2D eigenvalue weighted by atomic mass is 16.5. The van der Waals surface area contributed by atoms with Crippen molar-refractivity contribution in [2.45, 2.75) is 25.5 Å². The van der Waals surface area contributed by atoms with Gasteiger partial charge < -0.3 is 10.5 Å². The van der Waals surface area contributed by atoms with E-state index >= 15 is 0 Å². The zero-order valence-electron chi connectivity index (χ0n) is 9.72. The van der Waals surface area contributed by atoms with Crippen molar-refractivity contribution < 1.29 is 4.74 Å². The fourth-order valence-corrected chi connectivity index (χ4v) is 2.12. The van der Waals surface area contributed by atoms with E-state index in [1.165, 1.54) is 0 Å². The van der Waals surface area contributed by atoms with Gasteiger partial charge >= 0.3 is 0 Å². The van der Waals surface area contributed by atoms with Crippen LogP contribution in [0.4, 0.5) is 5.69 Å². The second kappa shape index (κ2) is 5.27. The van der Waals surface area contributed by atoms with Crippen LogP contribution in [0.5, 0.6) is 0 Å². The Kier molecular flexibility index (Phi) is 3.74. The molecule has 0 aromatic carbocycles. The molecule has 0 saturated carbocycles. The standard InChI is InChI=1S/C12H19N3O/c1-16-12-3-6-15(7-4-12)9-11-8-10(13)2-5-14-11/h2,5,8,12H,3-4,6-7,9H2,1H3,(H2,13,14). The normalized spacial score (nSPS) is 18.8. The minimum Gasteiger partial charge on any atom is -0.399 e. The summed E-state index contributed by atoms with van der Waals surface area (Å²) in [5.41, 5.74) is 7.57. The Hall–Kier alpha value is -1.13. The molecule has 0 unspecified atom stereocenters. The molecule has 0 radical (unpaired) electrons. The maximum absolute atomic E-state index is 5.73. The molecule has 1 aromatic heterocycles. The van der Waals surface area contributed by atoms with Crippen LogP contribution in [0, 0.1) is 0 Å². The molecule has 0 amide bonds. The van der Waals surface area contributed by atoms with Gasteiger partial charge in [0.25, 0.3) is 0 Å². The van der Waals surface area contributed by atoms with Gasteiger partial charge in [0.2, 0.25) is 0 Å². The fraction of sp³-hybridized carbons (Fsp3) is 0.583. The van der Waals surface area contributed by atoms with Crippen molar-refractivity contribution in [3.05, 3.63) is 24.0 Å². The molecule has 1 aliphatic heterocycles. The Balaban J connectivity index is 1.87. The fourth-order valence-electron chi connectivity index (χ4n) is 2.12. The van der Waals surface area contributed by atoms with E-state index in [4.69, 9.17) is 10.5 Å². The Morgan fingerprint density at radius 3 is 2.88 bits per heavy atom. The third kappa shape index (κ3) is 2.93. The molecule has 1 fully saturated rings. The third-order valence-corrected chi connectivity index (χ3v) is 3.09. The van der Waals surface area contributed by atoms with E-state index < -0.39 is 0 Å². The highest BCUT2D eigenvalue weighted by Crippen LogP contribution is 2.15. The van der Waals surface area contributed by atoms with E-state index in [1.54, 1.807) is 13.3 Å². The van der Waals surface area contributed by atoms with Gasteiger partial charge in [-0.25, -0.2) is 0 Å². The summed E-state index contributed by atoms with van der Waals surface area (Å²) in [4.78, 5) is 6.72. The van der Waals surface area contributed by atoms with Gasteiger partial charge in [-0.05, 0) is 25.0 Å². The highest BCUT2D eigenvalue weighted by molar-refractivity contribution is 5.37. The van der Waals surface area contributed by atoms with Crippen LogP contribution in [0.2, 0.25) is 0 Å². The number of methoxy groups -OCH3 is 1. The summed E-state index contributed by atoms with van der Waals surface area (Å²) >= 11 is 0. The molecule has 2 heterocycles. The number of anilines is 1. The first kappa shape index (κ1) is 11.4. The summed E-state index contributed by atoms with van der Waals surface area (Å²) in [6, 6.07) is 3.77. The summed E-state index contributed by atoms with van der Waals surface area (Å²) in [5.74, 6) is 0. The number of likely N-dealkylation sites (tertiary alicyclic amines) is 1. The first-order chi connectivity index (χ1) is 7.78. The summed E-state index contributed by atoms with van der Waals surface area (Å²) in [7, 11) is 1.79. The van der Waals surface area contributed by atoms with Crippen molar-refractivity contribution in [1.29, 1.82) is 0 Å². The van der Waals surface area contributed by atoms with Gasteiger partial charge in [-0.2, -0.15) is 0 Å². The lowest BCUT2D eigenvalue weighted by atomic mass is 10.1. The average molecular weight is 221 g/mol. The number of hydrogen-bond acceptors (Lipinski definition) is 4. The predicted molar refractivity (Wildman–Crippen MR) is 64.0 cm³/mol. The zero-order valence-corrected chi connectivity index (χ0v) is 9.72. The summed E-state index contributed by atoms with van der Waals surface area (Å²) in [6.45, 7) is 3.05. The number of aromatic nitrogens is 1. The van der Waals surface area contributed by atoms with Crippen LogP contribution in [0.25, 0.3) is 0 Å². The number of nitrogens with zero attached hydrogens (tertiary/aromatic N) is 2. The maximum atomic E-state index is 5.73. The highest BCUT2D eigenvalue weighted by Gasteiger charge is 2.18. The molecule has 1 saturated heterocycles. The Bertz CT molecular complexity index is 335. The third-order valence-electron chi connectivity index (χ3n) is 3.09. The van der Waals surface area contributed by atoms with Gasteiger partial charge in [0.05, 0.1) is 11.8 Å². The molecule has 0 atom stereocenters. The van der Waals surface area contributed by atoms with E-state index in [0.29, 0.717) is 6.10 Å². The SMILES string of the molecule is COC1CCN(Cc2cc(N)ccn2)CC1. The number of piperidine rings is 1. The van der Waals surface area contributed by atoms with Crippen molar-refractivity contribution in [2.24, 2.45) is 0 Å². The van der Waals surface area contributed by atoms with E-state index in [0.717, 1.165) is 43.9 Å². The van der Waals surface area contributed by atoms with Crippen LogP contribution in [0.15, 0.2) is 18.3 Å². The quantitative estimate of drug-likeness (QED) is 0.835. The minimum atomic E-state index is 0.435. The average Bonchev–Trinajstić information content (AvgIpc) is 2.30. The van der Waals surface area contributed by atoms with Crippen LogP contribution >= 0.6 is 0 Å². The van der Waals surface area contributed by atoms with Crippen molar-refractivity contribution in [1.82, 2.24) is 9.88 Å². The van der Waals surface area contributed by atoms with E-state index in [2.05, 4.69) is 9.88 Å². The lowest BCUT2D eigenvalue weighted by Gasteiger charge is -2.30. The lowest BCUT2D eigenvalue weighted by molar-refractivity contribution is 0.0385. The molecule has 4 heteroatoms. The largest absolute Gasteiger partial charge is 0.399 e. The van der Waals surface area contributed by atoms with Gasteiger partial charge in [0, 0.05) is 38.6 Å². The van der Waals surface area contributed by atoms with Crippen LogP contribution in [-0.4, -0.2) is 36.2 Å². The van der Waals surface area contributed by atoms with Crippen LogP contribution < -0.4 is 5.73 Å². The number of hydrogen-bond donors (Lipinski definition) is 1. The number of rotatable bonds is 3. The zero-order chi connectivity index (χ0) is 11.4. The summed E-state index contributed by atoms with van der Waals surface area (Å²) in [6.07, 6.45) is 4.43. The van der Waals surface area contributed by atoms with E-state index in [-0.39, 0.29) is 0 Å². The van der Waals surface area contributed by atoms with Gasteiger partial charge in [-0.3, -0.25) is 9.88 Å². The molecule has 16 heavy (non-hydrogen) atoms. The first-order valence-corrected chi connectivity index (χ1v) is 5.73. The van der Waals surface area contributed by atoms with E-state index in [9.17, 15) is 0 Å². The number of nitrogen functional groups attached to an aromatic ring is 1. The second-order valence-corrected chi connectivity index (χ2v) is 4.29. The Morgan fingerprint density at radius 1 is 1.50 bits per heavy atom. The smallest absolute Gasteiger partial charge is 0.0595 e. The summed E-state index contributed by atoms with van der Waals surface area (Å²) in [5, 5.41) is 0. The summed E-state index contributed by atoms with van der Waals surface area (Å²) < 4.78 is 5.35. The molecule has 4 nitrogen and oxygen atoms in total. The van der Waals surface area contributed by atoms with Crippen LogP contribution in [-0.2, 0) is 11.3 Å². The van der Waals surface area contributed by atoms with Crippen molar-refractivity contribution in [2.75, 3.05) is 25.9 Å². The van der Waals surface area contributed by atoms with Crippen molar-refractivity contribution >= 4 is 5.69 Å². The molecular formula is C12H19N3O. The van der Waals surface area contributed by atoms with Gasteiger partial charge in [0.15, 0.2) is 0 Å². The van der Waals surface area contributed by atoms with E-state index in [1.807, 2.05) is 12.1 Å². The molecule has 0 aliphatic carbocycles. The predicted octanol–water partition coefficient (Wildman–Crippen LogP) is 1.27. The number of nitrogens with two attached hydrogens (primary N) is 1. The van der Waals surface area contributed by atoms with Crippen LogP contribution in [0.1, 0.15) is 18.5 Å². The first-order valence-electron chi connectivity index (χ1n) is 5.73. The molecule has 88 valence electrons. The molecular weight excluding hydrogens is 202 g/mol. The number of ether oxygens (including phenoxy) is 1. The Morgan fingerprint density at radius 2 is 2.25 bits per heavy atom. The van der Waals surface area contributed by atoms with Crippen LogP contribution in [0.3, 0.4) is 0 Å². The van der Waals surface area contributed by atoms with Gasteiger partial charge in [0.1, 0.15) is 0 Å². The second-order valence-electron chi connectivity index (χ2n) is 4.29. The van der Waals surface area contributed by atoms with Gasteiger partial charge in [-0.15, -0.1) is 0 Å². The molecule has 0 spiro atoms. The maximum Gasteiger partial charge on any atom is 0.0595 e. The molecule has 0 bridgehead atoms. The van der Waals surface area contributed by atoms with Crippen molar-refractivity contribution in [3.8, 4) is 0 Å². The number of pyridine rings is 1. The monoisotopic (exact) mass is 221 g/mol. The van der Waals surface area contributed by atoms with Crippen molar-refractivity contribution in [3.63, 3.8) is 0 Å². The van der Waals surface area contributed by atoms with Gasteiger partial charge in [-0.1, -0.05) is 0 Å².